The van der Waals surface area contributed by atoms with E-state index in [9.17, 15) is 5.11 Å². The zero-order valence-corrected chi connectivity index (χ0v) is 16.2. The monoisotopic (exact) mass is 400 g/mol. The first-order valence-corrected chi connectivity index (χ1v) is 8.60. The molecule has 0 bridgehead atoms. The normalized spacial score (nSPS) is 16.5. The number of nitrogens with zero attached hydrogens (tertiary/aromatic N) is 2. The lowest BCUT2D eigenvalue weighted by Crippen LogP contribution is -3.00. The number of hydrogen-bond donors (Lipinski definition) is 2. The van der Waals surface area contributed by atoms with Crippen LogP contribution in [0.5, 0.6) is 5.75 Å². The minimum Gasteiger partial charge on any atom is -1.00 e. The summed E-state index contributed by atoms with van der Waals surface area (Å²) in [5.41, 5.74) is 0. The van der Waals surface area contributed by atoms with Gasteiger partial charge in [-0.25, -0.2) is 0 Å². The van der Waals surface area contributed by atoms with Gasteiger partial charge >= 0.3 is 0 Å². The summed E-state index contributed by atoms with van der Waals surface area (Å²) in [6.07, 6.45) is -0.499. The number of ether oxygens (including phenoxy) is 1. The fourth-order valence-electron chi connectivity index (χ4n) is 3.14. The molecular formula is C19H26Cl2N2O3-2. The fourth-order valence-corrected chi connectivity index (χ4v) is 3.14. The second kappa shape index (κ2) is 11.6. The van der Waals surface area contributed by atoms with Gasteiger partial charge in [0.05, 0.1) is 6.61 Å². The van der Waals surface area contributed by atoms with Crippen molar-refractivity contribution in [3.63, 3.8) is 0 Å². The Kier molecular flexibility index (Phi) is 10.2. The maximum atomic E-state index is 10.2. The van der Waals surface area contributed by atoms with Crippen LogP contribution < -0.4 is 29.6 Å². The molecule has 1 fully saturated rings. The number of halogens is 2. The summed E-state index contributed by atoms with van der Waals surface area (Å²) in [6.45, 7) is 5.61. The van der Waals surface area contributed by atoms with Crippen LogP contribution in [-0.2, 0) is 0 Å². The van der Waals surface area contributed by atoms with Gasteiger partial charge in [-0.05, 0) is 22.9 Å². The van der Waals surface area contributed by atoms with Crippen LogP contribution in [0.4, 0.5) is 0 Å². The van der Waals surface area contributed by atoms with Crippen LogP contribution in [0.1, 0.15) is 0 Å². The molecule has 3 rings (SSSR count). The van der Waals surface area contributed by atoms with Gasteiger partial charge in [0, 0.05) is 39.3 Å². The number of β-amino-alcohol motifs (C(OH)–C–C–N with tert-alkyl or cyclic N) is 2. The number of fused-ring (bicyclic) bond motifs is 1. The Morgan fingerprint density at radius 2 is 1.58 bits per heavy atom. The summed E-state index contributed by atoms with van der Waals surface area (Å²) in [4.78, 5) is 4.50. The molecule has 0 spiro atoms. The fraction of sp³-hybridized carbons (Fsp3) is 0.474. The Hall–Kier alpha value is -1.08. The Morgan fingerprint density at radius 1 is 0.923 bits per heavy atom. The van der Waals surface area contributed by atoms with E-state index in [-0.39, 0.29) is 31.4 Å². The molecule has 7 heteroatoms. The van der Waals surface area contributed by atoms with Gasteiger partial charge in [-0.2, -0.15) is 0 Å². The van der Waals surface area contributed by atoms with Crippen molar-refractivity contribution in [3.8, 4) is 5.75 Å². The molecule has 26 heavy (non-hydrogen) atoms. The van der Waals surface area contributed by atoms with E-state index in [2.05, 4.69) is 21.9 Å². The third kappa shape index (κ3) is 6.58. The quantitative estimate of drug-likeness (QED) is 0.488. The highest BCUT2D eigenvalue weighted by atomic mass is 35.5. The van der Waals surface area contributed by atoms with Crippen LogP contribution in [-0.4, -0.2) is 78.6 Å². The zero-order chi connectivity index (χ0) is 16.8. The molecule has 0 aromatic heterocycles. The van der Waals surface area contributed by atoms with E-state index < -0.39 is 6.10 Å². The molecule has 1 atom stereocenters. The van der Waals surface area contributed by atoms with Gasteiger partial charge in [-0.3, -0.25) is 9.80 Å². The van der Waals surface area contributed by atoms with Crippen molar-refractivity contribution in [3.05, 3.63) is 42.5 Å². The number of aliphatic hydroxyl groups excluding tert-OH is 2. The number of rotatable bonds is 7. The molecule has 1 aliphatic rings. The molecule has 0 radical (unpaired) electrons. The highest BCUT2D eigenvalue weighted by molar-refractivity contribution is 5.83. The van der Waals surface area contributed by atoms with Gasteiger partial charge in [0.15, 0.2) is 0 Å². The maximum Gasteiger partial charge on any atom is 0.120 e. The van der Waals surface area contributed by atoms with Gasteiger partial charge in [-0.15, -0.1) is 0 Å². The third-order valence-corrected chi connectivity index (χ3v) is 4.51. The summed E-state index contributed by atoms with van der Waals surface area (Å²) in [6, 6.07) is 14.2. The topological polar surface area (TPSA) is 56.2 Å². The summed E-state index contributed by atoms with van der Waals surface area (Å²) in [5.74, 6) is 0.792. The Labute approximate surface area is 167 Å². The second-order valence-electron chi connectivity index (χ2n) is 6.34. The SMILES string of the molecule is OCCN1CCN(CC(O)COc2ccc3ccccc3c2)CC1.[Cl-].[Cl-]. The van der Waals surface area contributed by atoms with Crippen molar-refractivity contribution in [1.82, 2.24) is 9.80 Å². The summed E-state index contributed by atoms with van der Waals surface area (Å²) in [7, 11) is 0. The first-order chi connectivity index (χ1) is 11.7. The average Bonchev–Trinajstić information content (AvgIpc) is 2.62. The molecule has 1 aliphatic heterocycles. The molecule has 2 aromatic rings. The highest BCUT2D eigenvalue weighted by Gasteiger charge is 2.19. The Bertz CT molecular complexity index is 651. The van der Waals surface area contributed by atoms with E-state index in [4.69, 9.17) is 9.84 Å². The second-order valence-corrected chi connectivity index (χ2v) is 6.34. The summed E-state index contributed by atoms with van der Waals surface area (Å²) < 4.78 is 5.76. The Morgan fingerprint density at radius 3 is 2.27 bits per heavy atom. The predicted molar refractivity (Wildman–Crippen MR) is 95.4 cm³/mol. The van der Waals surface area contributed by atoms with Crippen LogP contribution in [0.15, 0.2) is 42.5 Å². The third-order valence-electron chi connectivity index (χ3n) is 4.51. The molecule has 2 N–H and O–H groups in total. The van der Waals surface area contributed by atoms with Crippen molar-refractivity contribution >= 4 is 10.8 Å². The molecule has 146 valence electrons. The van der Waals surface area contributed by atoms with Gasteiger partial charge < -0.3 is 39.8 Å². The van der Waals surface area contributed by atoms with E-state index in [1.807, 2.05) is 30.3 Å². The van der Waals surface area contributed by atoms with Crippen LogP contribution in [0.3, 0.4) is 0 Å². The maximum absolute atomic E-state index is 10.2. The number of hydrogen-bond acceptors (Lipinski definition) is 5. The van der Waals surface area contributed by atoms with E-state index in [0.717, 1.165) is 43.9 Å². The van der Waals surface area contributed by atoms with Gasteiger partial charge in [0.2, 0.25) is 0 Å². The lowest BCUT2D eigenvalue weighted by molar-refractivity contribution is -0.00100. The standard InChI is InChI=1S/C19H26N2O3.2ClH/c22-12-11-20-7-9-21(10-8-20)14-18(23)15-24-19-6-5-16-3-1-2-4-17(16)13-19;;/h1-6,13,18,22-23H,7-12,14-15H2;2*1H/p-2. The molecule has 2 aromatic carbocycles. The van der Waals surface area contributed by atoms with Gasteiger partial charge in [0.1, 0.15) is 18.5 Å². The van der Waals surface area contributed by atoms with Crippen molar-refractivity contribution < 1.29 is 39.8 Å². The minimum atomic E-state index is -0.499. The molecule has 1 heterocycles. The van der Waals surface area contributed by atoms with E-state index in [1.54, 1.807) is 0 Å². The molecule has 5 nitrogen and oxygen atoms in total. The smallest absolute Gasteiger partial charge is 0.120 e. The molecule has 1 saturated heterocycles. The van der Waals surface area contributed by atoms with Crippen LogP contribution in [0.25, 0.3) is 10.8 Å². The van der Waals surface area contributed by atoms with Crippen molar-refractivity contribution in [2.24, 2.45) is 0 Å². The molecule has 0 saturated carbocycles. The lowest BCUT2D eigenvalue weighted by atomic mass is 10.1. The van der Waals surface area contributed by atoms with Crippen LogP contribution in [0, 0.1) is 0 Å². The van der Waals surface area contributed by atoms with E-state index in [1.165, 1.54) is 5.39 Å². The number of benzene rings is 2. The Balaban J connectivity index is 0.00000169. The zero-order valence-electron chi connectivity index (χ0n) is 14.7. The van der Waals surface area contributed by atoms with E-state index in [0.29, 0.717) is 13.2 Å². The molecule has 1 unspecified atom stereocenters. The minimum absolute atomic E-state index is 0. The molecular weight excluding hydrogens is 375 g/mol. The van der Waals surface area contributed by atoms with Crippen LogP contribution >= 0.6 is 0 Å². The van der Waals surface area contributed by atoms with E-state index >= 15 is 0 Å². The largest absolute Gasteiger partial charge is 1.00 e. The van der Waals surface area contributed by atoms with Crippen molar-refractivity contribution in [1.29, 1.82) is 0 Å². The van der Waals surface area contributed by atoms with Gasteiger partial charge in [0.25, 0.3) is 0 Å². The summed E-state index contributed by atoms with van der Waals surface area (Å²) in [5, 5.41) is 21.5. The van der Waals surface area contributed by atoms with Crippen molar-refractivity contribution in [2.75, 3.05) is 52.5 Å². The van der Waals surface area contributed by atoms with Gasteiger partial charge in [-0.1, -0.05) is 30.3 Å². The summed E-state index contributed by atoms with van der Waals surface area (Å²) >= 11 is 0. The number of aliphatic hydroxyl groups is 2. The molecule has 0 amide bonds. The average molecular weight is 401 g/mol. The predicted octanol–water partition coefficient (Wildman–Crippen LogP) is -4.80. The van der Waals surface area contributed by atoms with Crippen LogP contribution in [0.2, 0.25) is 0 Å². The van der Waals surface area contributed by atoms with Crippen molar-refractivity contribution in [2.45, 2.75) is 6.10 Å². The first-order valence-electron chi connectivity index (χ1n) is 8.60. The highest BCUT2D eigenvalue weighted by Crippen LogP contribution is 2.20. The first kappa shape index (κ1) is 23.0. The number of piperazine rings is 1. The molecule has 0 aliphatic carbocycles. The lowest BCUT2D eigenvalue weighted by Gasteiger charge is -2.35.